The summed E-state index contributed by atoms with van der Waals surface area (Å²) in [4.78, 5) is 30.4. The largest absolute Gasteiger partial charge is 0.497 e. The van der Waals surface area contributed by atoms with Crippen molar-refractivity contribution in [2.24, 2.45) is 0 Å². The number of amides is 1. The van der Waals surface area contributed by atoms with E-state index >= 15 is 0 Å². The average molecular weight is 434 g/mol. The Kier molecular flexibility index (Phi) is 6.54. The summed E-state index contributed by atoms with van der Waals surface area (Å²) in [5, 5.41) is 3.48. The van der Waals surface area contributed by atoms with Crippen molar-refractivity contribution in [1.29, 1.82) is 0 Å². The first-order valence-corrected chi connectivity index (χ1v) is 10.7. The molecule has 0 saturated heterocycles. The lowest BCUT2D eigenvalue weighted by Gasteiger charge is -2.15. The van der Waals surface area contributed by atoms with Gasteiger partial charge in [-0.15, -0.1) is 0 Å². The van der Waals surface area contributed by atoms with E-state index in [9.17, 15) is 9.59 Å². The number of ether oxygens (including phenoxy) is 3. The van der Waals surface area contributed by atoms with Gasteiger partial charge in [0.1, 0.15) is 11.5 Å². The monoisotopic (exact) mass is 434 g/mol. The molecule has 0 aliphatic heterocycles. The van der Waals surface area contributed by atoms with Gasteiger partial charge in [0.05, 0.1) is 31.0 Å². The number of nitrogens with zero attached hydrogens (tertiary/aromatic N) is 1. The van der Waals surface area contributed by atoms with E-state index in [1.807, 2.05) is 24.3 Å². The van der Waals surface area contributed by atoms with E-state index in [4.69, 9.17) is 19.2 Å². The topological polar surface area (TPSA) is 86.8 Å². The van der Waals surface area contributed by atoms with E-state index < -0.39 is 18.5 Å². The molecule has 3 aromatic rings. The van der Waals surface area contributed by atoms with Gasteiger partial charge in [0.25, 0.3) is 5.91 Å². The molecule has 0 fully saturated rings. The maximum Gasteiger partial charge on any atom is 0.339 e. The number of hydrogen-bond donors (Lipinski definition) is 1. The minimum absolute atomic E-state index is 0.403. The summed E-state index contributed by atoms with van der Waals surface area (Å²) in [6, 6.07) is 12.6. The third-order valence-corrected chi connectivity index (χ3v) is 5.64. The van der Waals surface area contributed by atoms with E-state index in [0.29, 0.717) is 22.7 Å². The smallest absolute Gasteiger partial charge is 0.339 e. The zero-order chi connectivity index (χ0) is 22.5. The van der Waals surface area contributed by atoms with Gasteiger partial charge in [-0.2, -0.15) is 0 Å². The minimum Gasteiger partial charge on any atom is -0.497 e. The normalized spacial score (nSPS) is 13.1. The Bertz CT molecular complexity index is 1160. The van der Waals surface area contributed by atoms with Crippen molar-refractivity contribution >= 4 is 28.5 Å². The van der Waals surface area contributed by atoms with Gasteiger partial charge < -0.3 is 19.5 Å². The highest BCUT2D eigenvalue weighted by atomic mass is 16.5. The molecule has 0 spiro atoms. The van der Waals surface area contributed by atoms with Crippen molar-refractivity contribution in [2.75, 3.05) is 26.1 Å². The van der Waals surface area contributed by atoms with Gasteiger partial charge in [-0.25, -0.2) is 4.79 Å². The van der Waals surface area contributed by atoms with Gasteiger partial charge in [0.2, 0.25) is 0 Å². The Morgan fingerprint density at radius 1 is 1.00 bits per heavy atom. The summed E-state index contributed by atoms with van der Waals surface area (Å²) < 4.78 is 15.9. The van der Waals surface area contributed by atoms with Crippen LogP contribution in [0.25, 0.3) is 10.9 Å². The fourth-order valence-electron chi connectivity index (χ4n) is 4.07. The number of pyridine rings is 1. The zero-order valence-electron chi connectivity index (χ0n) is 18.3. The number of esters is 1. The van der Waals surface area contributed by atoms with Gasteiger partial charge >= 0.3 is 5.97 Å². The lowest BCUT2D eigenvalue weighted by Crippen LogP contribution is -2.22. The summed E-state index contributed by atoms with van der Waals surface area (Å²) in [7, 11) is 3.06. The first-order valence-electron chi connectivity index (χ1n) is 10.7. The van der Waals surface area contributed by atoms with Crippen molar-refractivity contribution in [3.63, 3.8) is 0 Å². The predicted octanol–water partition coefficient (Wildman–Crippen LogP) is 4.32. The van der Waals surface area contributed by atoms with Crippen LogP contribution in [0.4, 0.5) is 5.69 Å². The van der Waals surface area contributed by atoms with E-state index in [1.165, 1.54) is 7.11 Å². The number of aryl methyl sites for hydroxylation is 1. The van der Waals surface area contributed by atoms with Gasteiger partial charge in [0.15, 0.2) is 6.61 Å². The Hall–Kier alpha value is -3.61. The van der Waals surface area contributed by atoms with Crippen LogP contribution in [0.2, 0.25) is 0 Å². The highest BCUT2D eigenvalue weighted by Crippen LogP contribution is 2.30. The van der Waals surface area contributed by atoms with Gasteiger partial charge in [-0.1, -0.05) is 24.6 Å². The van der Waals surface area contributed by atoms with Crippen LogP contribution in [0.1, 0.15) is 40.9 Å². The minimum atomic E-state index is -0.501. The van der Waals surface area contributed by atoms with Crippen LogP contribution < -0.4 is 14.8 Å². The van der Waals surface area contributed by atoms with Crippen molar-refractivity contribution < 1.29 is 23.8 Å². The van der Waals surface area contributed by atoms with Crippen molar-refractivity contribution in [1.82, 2.24) is 4.98 Å². The van der Waals surface area contributed by atoms with Crippen LogP contribution >= 0.6 is 0 Å². The highest BCUT2D eigenvalue weighted by Gasteiger charge is 2.23. The fraction of sp³-hybridized carbons (Fsp3) is 0.320. The average Bonchev–Trinajstić information content (AvgIpc) is 3.06. The molecule has 1 amide bonds. The fourth-order valence-corrected chi connectivity index (χ4v) is 4.07. The van der Waals surface area contributed by atoms with E-state index in [1.54, 1.807) is 25.3 Å². The lowest BCUT2D eigenvalue weighted by atomic mass is 9.97. The molecule has 1 aliphatic carbocycles. The Morgan fingerprint density at radius 2 is 1.81 bits per heavy atom. The number of benzene rings is 2. The Balaban J connectivity index is 1.53. The molecule has 166 valence electrons. The standard InChI is InChI=1S/C25H26N2O5/c1-30-16-12-13-21(22(14-16)31-2)27-23(28)15-32-25(29)24-17-8-4-3-5-10-19(17)26-20-11-7-6-9-18(20)24/h6-7,9,11-14H,3-5,8,10,15H2,1-2H3,(H,27,28). The molecular formula is C25H26N2O5. The number of methoxy groups -OCH3 is 2. The third kappa shape index (κ3) is 4.51. The second-order valence-corrected chi connectivity index (χ2v) is 7.68. The summed E-state index contributed by atoms with van der Waals surface area (Å²) in [6.07, 6.45) is 4.79. The Labute approximate surface area is 186 Å². The first-order chi connectivity index (χ1) is 15.6. The van der Waals surface area contributed by atoms with Crippen LogP contribution in [0.5, 0.6) is 11.5 Å². The third-order valence-electron chi connectivity index (χ3n) is 5.64. The van der Waals surface area contributed by atoms with E-state index in [2.05, 4.69) is 5.32 Å². The number of rotatable bonds is 6. The molecule has 4 rings (SSSR count). The van der Waals surface area contributed by atoms with Crippen LogP contribution in [0, 0.1) is 0 Å². The van der Waals surface area contributed by atoms with Gasteiger partial charge in [0, 0.05) is 17.1 Å². The SMILES string of the molecule is COc1ccc(NC(=O)COC(=O)c2c3c(nc4ccccc24)CCCCC3)c(OC)c1. The molecule has 1 aromatic heterocycles. The summed E-state index contributed by atoms with van der Waals surface area (Å²) in [6.45, 7) is -0.403. The second-order valence-electron chi connectivity index (χ2n) is 7.68. The molecule has 1 N–H and O–H groups in total. The number of para-hydroxylation sites is 1. The molecule has 7 heteroatoms. The summed E-state index contributed by atoms with van der Waals surface area (Å²) in [5.41, 5.74) is 3.68. The molecule has 0 bridgehead atoms. The number of nitrogens with one attached hydrogen (secondary N) is 1. The van der Waals surface area contributed by atoms with Crippen LogP contribution in [-0.4, -0.2) is 37.7 Å². The molecule has 0 saturated carbocycles. The van der Waals surface area contributed by atoms with Gasteiger partial charge in [-0.3, -0.25) is 9.78 Å². The van der Waals surface area contributed by atoms with Crippen LogP contribution in [-0.2, 0) is 22.4 Å². The molecule has 1 aliphatic rings. The molecule has 0 radical (unpaired) electrons. The first kappa shape index (κ1) is 21.6. The highest BCUT2D eigenvalue weighted by molar-refractivity contribution is 6.06. The maximum absolute atomic E-state index is 13.1. The molecule has 7 nitrogen and oxygen atoms in total. The maximum atomic E-state index is 13.1. The number of carbonyl (C=O) groups is 2. The molecule has 0 atom stereocenters. The number of hydrogen-bond acceptors (Lipinski definition) is 6. The second kappa shape index (κ2) is 9.68. The van der Waals surface area contributed by atoms with Gasteiger partial charge in [-0.05, 0) is 49.4 Å². The van der Waals surface area contributed by atoms with Crippen LogP contribution in [0.15, 0.2) is 42.5 Å². The summed E-state index contributed by atoms with van der Waals surface area (Å²) >= 11 is 0. The molecule has 0 unspecified atom stereocenters. The lowest BCUT2D eigenvalue weighted by molar-refractivity contribution is -0.119. The zero-order valence-corrected chi connectivity index (χ0v) is 18.3. The van der Waals surface area contributed by atoms with Crippen molar-refractivity contribution in [2.45, 2.75) is 32.1 Å². The number of fused-ring (bicyclic) bond motifs is 2. The number of carbonyl (C=O) groups excluding carboxylic acids is 2. The molecular weight excluding hydrogens is 408 g/mol. The predicted molar refractivity (Wildman–Crippen MR) is 121 cm³/mol. The van der Waals surface area contributed by atoms with Crippen LogP contribution in [0.3, 0.4) is 0 Å². The summed E-state index contributed by atoms with van der Waals surface area (Å²) in [5.74, 6) is 0.107. The molecule has 1 heterocycles. The quantitative estimate of drug-likeness (QED) is 0.459. The van der Waals surface area contributed by atoms with Crippen molar-refractivity contribution in [3.05, 3.63) is 59.3 Å². The van der Waals surface area contributed by atoms with E-state index in [-0.39, 0.29) is 0 Å². The Morgan fingerprint density at radius 3 is 2.62 bits per heavy atom. The van der Waals surface area contributed by atoms with Crippen molar-refractivity contribution in [3.8, 4) is 11.5 Å². The number of anilines is 1. The number of aromatic nitrogens is 1. The molecule has 2 aromatic carbocycles. The molecule has 32 heavy (non-hydrogen) atoms. The van der Waals surface area contributed by atoms with E-state index in [0.717, 1.165) is 54.3 Å².